The van der Waals surface area contributed by atoms with Crippen LogP contribution >= 0.6 is 0 Å². The van der Waals surface area contributed by atoms with Gasteiger partial charge >= 0.3 is 0 Å². The topological polar surface area (TPSA) is 12.9 Å². The molecule has 0 radical (unpaired) electrons. The highest BCUT2D eigenvalue weighted by Crippen LogP contribution is 2.16. The lowest BCUT2D eigenvalue weighted by molar-refractivity contribution is 0.647. The van der Waals surface area contributed by atoms with E-state index in [1.54, 1.807) is 0 Å². The molecule has 0 unspecified atom stereocenters. The van der Waals surface area contributed by atoms with Gasteiger partial charge in [0.25, 0.3) is 0 Å². The van der Waals surface area contributed by atoms with Crippen molar-refractivity contribution >= 4 is 0 Å². The zero-order chi connectivity index (χ0) is 8.10. The van der Waals surface area contributed by atoms with Gasteiger partial charge in [0.1, 0.15) is 0 Å². The zero-order valence-corrected chi connectivity index (χ0v) is 7.25. The second-order valence-corrected chi connectivity index (χ2v) is 2.94. The molecule has 1 rings (SSSR count). The summed E-state index contributed by atoms with van der Waals surface area (Å²) in [7, 11) is 0. The van der Waals surface area contributed by atoms with Crippen LogP contribution in [0, 0.1) is 0 Å². The van der Waals surface area contributed by atoms with Crippen molar-refractivity contribution < 1.29 is 0 Å². The van der Waals surface area contributed by atoms with E-state index in [1.165, 1.54) is 18.5 Å². The summed E-state index contributed by atoms with van der Waals surface area (Å²) in [6.45, 7) is 4.44. The van der Waals surface area contributed by atoms with Crippen molar-refractivity contribution in [3.63, 3.8) is 0 Å². The van der Waals surface area contributed by atoms with Crippen LogP contribution in [0.3, 0.4) is 0 Å². The predicted octanol–water partition coefficient (Wildman–Crippen LogP) is 2.99. The van der Waals surface area contributed by atoms with Crippen LogP contribution in [0.15, 0.2) is 24.4 Å². The van der Waals surface area contributed by atoms with Crippen molar-refractivity contribution in [2.24, 2.45) is 0 Å². The van der Waals surface area contributed by atoms with E-state index in [1.807, 2.05) is 12.3 Å². The monoisotopic (exact) mass is 149 g/mol. The Balaban J connectivity index is 2.61. The van der Waals surface area contributed by atoms with Crippen LogP contribution < -0.4 is 0 Å². The van der Waals surface area contributed by atoms with Crippen molar-refractivity contribution in [2.45, 2.75) is 32.6 Å². The first kappa shape index (κ1) is 8.25. The first-order chi connectivity index (χ1) is 5.34. The lowest BCUT2D eigenvalue weighted by Crippen LogP contribution is -1.94. The van der Waals surface area contributed by atoms with Gasteiger partial charge in [-0.1, -0.05) is 26.3 Å². The lowest BCUT2D eigenvalue weighted by atomic mass is 10.0. The summed E-state index contributed by atoms with van der Waals surface area (Å²) in [5.74, 6) is 0.612. The standard InChI is InChI=1S/C10H15N/c1-3-6-9(2)10-7-4-5-8-11-10/h4-5,7-9H,3,6H2,1-2H3/t9-/m0/s1. The number of aromatic nitrogens is 1. The Hall–Kier alpha value is -0.850. The highest BCUT2D eigenvalue weighted by atomic mass is 14.7. The molecule has 0 aliphatic rings. The zero-order valence-electron chi connectivity index (χ0n) is 7.25. The third-order valence-corrected chi connectivity index (χ3v) is 1.91. The Bertz CT molecular complexity index is 193. The predicted molar refractivity (Wildman–Crippen MR) is 47.6 cm³/mol. The molecule has 0 spiro atoms. The molecule has 0 aliphatic carbocycles. The molecule has 0 N–H and O–H groups in total. The number of rotatable bonds is 3. The second kappa shape index (κ2) is 4.12. The molecule has 0 amide bonds. The molecular formula is C10H15N. The molecule has 1 atom stereocenters. The number of hydrogen-bond acceptors (Lipinski definition) is 1. The third-order valence-electron chi connectivity index (χ3n) is 1.91. The van der Waals surface area contributed by atoms with Crippen LogP contribution in [0.4, 0.5) is 0 Å². The van der Waals surface area contributed by atoms with Gasteiger partial charge in [0, 0.05) is 11.9 Å². The van der Waals surface area contributed by atoms with Crippen LogP contribution in [0.1, 0.15) is 38.3 Å². The summed E-state index contributed by atoms with van der Waals surface area (Å²) in [5.41, 5.74) is 1.22. The first-order valence-electron chi connectivity index (χ1n) is 4.25. The van der Waals surface area contributed by atoms with Crippen LogP contribution in [0.25, 0.3) is 0 Å². The van der Waals surface area contributed by atoms with E-state index in [9.17, 15) is 0 Å². The Morgan fingerprint density at radius 2 is 2.27 bits per heavy atom. The fourth-order valence-corrected chi connectivity index (χ4v) is 1.25. The van der Waals surface area contributed by atoms with Gasteiger partial charge in [-0.2, -0.15) is 0 Å². The average Bonchev–Trinajstić information content (AvgIpc) is 2.07. The molecule has 0 saturated carbocycles. The number of hydrogen-bond donors (Lipinski definition) is 0. The Morgan fingerprint density at radius 1 is 1.45 bits per heavy atom. The summed E-state index contributed by atoms with van der Waals surface area (Å²) in [6, 6.07) is 6.11. The molecule has 1 heteroatoms. The molecule has 0 fully saturated rings. The summed E-state index contributed by atoms with van der Waals surface area (Å²) < 4.78 is 0. The summed E-state index contributed by atoms with van der Waals surface area (Å²) in [4.78, 5) is 4.30. The van der Waals surface area contributed by atoms with E-state index in [4.69, 9.17) is 0 Å². The smallest absolute Gasteiger partial charge is 0.0431 e. The molecule has 0 bridgehead atoms. The Labute approximate surface area is 68.5 Å². The van der Waals surface area contributed by atoms with Gasteiger partial charge in [0.05, 0.1) is 0 Å². The van der Waals surface area contributed by atoms with E-state index in [2.05, 4.69) is 31.0 Å². The second-order valence-electron chi connectivity index (χ2n) is 2.94. The number of pyridine rings is 1. The third kappa shape index (κ3) is 2.34. The van der Waals surface area contributed by atoms with E-state index >= 15 is 0 Å². The summed E-state index contributed by atoms with van der Waals surface area (Å²) in [5, 5.41) is 0. The normalized spacial score (nSPS) is 12.9. The van der Waals surface area contributed by atoms with Gasteiger partial charge in [0.15, 0.2) is 0 Å². The van der Waals surface area contributed by atoms with Crippen LogP contribution in [-0.4, -0.2) is 4.98 Å². The fourth-order valence-electron chi connectivity index (χ4n) is 1.25. The minimum absolute atomic E-state index is 0.612. The molecule has 11 heavy (non-hydrogen) atoms. The quantitative estimate of drug-likeness (QED) is 0.643. The van der Waals surface area contributed by atoms with Gasteiger partial charge in [-0.15, -0.1) is 0 Å². The van der Waals surface area contributed by atoms with Crippen molar-refractivity contribution in [1.29, 1.82) is 0 Å². The van der Waals surface area contributed by atoms with Crippen LogP contribution in [-0.2, 0) is 0 Å². The van der Waals surface area contributed by atoms with Crippen molar-refractivity contribution in [3.8, 4) is 0 Å². The largest absolute Gasteiger partial charge is 0.261 e. The molecular weight excluding hydrogens is 134 g/mol. The summed E-state index contributed by atoms with van der Waals surface area (Å²) in [6.07, 6.45) is 4.33. The van der Waals surface area contributed by atoms with Crippen LogP contribution in [0.5, 0.6) is 0 Å². The molecule has 0 aliphatic heterocycles. The highest BCUT2D eigenvalue weighted by Gasteiger charge is 2.02. The minimum Gasteiger partial charge on any atom is -0.261 e. The maximum Gasteiger partial charge on any atom is 0.0431 e. The van der Waals surface area contributed by atoms with Crippen LogP contribution in [0.2, 0.25) is 0 Å². The van der Waals surface area contributed by atoms with Gasteiger partial charge in [-0.25, -0.2) is 0 Å². The molecule has 0 aromatic carbocycles. The van der Waals surface area contributed by atoms with E-state index in [-0.39, 0.29) is 0 Å². The molecule has 1 aromatic heterocycles. The van der Waals surface area contributed by atoms with Crippen molar-refractivity contribution in [3.05, 3.63) is 30.1 Å². The highest BCUT2D eigenvalue weighted by molar-refractivity contribution is 5.07. The van der Waals surface area contributed by atoms with Gasteiger partial charge in [-0.05, 0) is 24.5 Å². The molecule has 1 heterocycles. The molecule has 60 valence electrons. The van der Waals surface area contributed by atoms with E-state index in [0.717, 1.165) is 0 Å². The SMILES string of the molecule is CCC[C@H](C)c1ccccn1. The van der Waals surface area contributed by atoms with Gasteiger partial charge in [0.2, 0.25) is 0 Å². The fraction of sp³-hybridized carbons (Fsp3) is 0.500. The lowest BCUT2D eigenvalue weighted by Gasteiger charge is -2.07. The van der Waals surface area contributed by atoms with Gasteiger partial charge in [-0.3, -0.25) is 4.98 Å². The molecule has 1 aromatic rings. The Morgan fingerprint density at radius 3 is 2.82 bits per heavy atom. The maximum absolute atomic E-state index is 4.30. The Kier molecular flexibility index (Phi) is 3.09. The summed E-state index contributed by atoms with van der Waals surface area (Å²) >= 11 is 0. The number of nitrogens with zero attached hydrogens (tertiary/aromatic N) is 1. The average molecular weight is 149 g/mol. The van der Waals surface area contributed by atoms with E-state index < -0.39 is 0 Å². The maximum atomic E-state index is 4.30. The minimum atomic E-state index is 0.612. The van der Waals surface area contributed by atoms with Crippen molar-refractivity contribution in [1.82, 2.24) is 4.98 Å². The van der Waals surface area contributed by atoms with Crippen molar-refractivity contribution in [2.75, 3.05) is 0 Å². The first-order valence-corrected chi connectivity index (χ1v) is 4.25. The molecule has 0 saturated heterocycles. The van der Waals surface area contributed by atoms with E-state index in [0.29, 0.717) is 5.92 Å². The van der Waals surface area contributed by atoms with Gasteiger partial charge < -0.3 is 0 Å². The molecule has 1 nitrogen and oxygen atoms in total.